The third-order valence-electron chi connectivity index (χ3n) is 3.58. The molecular weight excluding hydrogens is 312 g/mol. The molecule has 116 valence electrons. The third-order valence-corrected chi connectivity index (χ3v) is 4.56. The van der Waals surface area contributed by atoms with Gasteiger partial charge in [0.05, 0.1) is 12.0 Å². The van der Waals surface area contributed by atoms with E-state index in [1.165, 1.54) is 12.4 Å². The van der Waals surface area contributed by atoms with Crippen molar-refractivity contribution in [2.75, 3.05) is 0 Å². The summed E-state index contributed by atoms with van der Waals surface area (Å²) >= 11 is 1.55. The summed E-state index contributed by atoms with van der Waals surface area (Å²) in [6.07, 6.45) is 7.25. The van der Waals surface area contributed by atoms with Gasteiger partial charge in [0, 0.05) is 35.8 Å². The number of aromatic nitrogens is 6. The second-order valence-electron chi connectivity index (χ2n) is 5.34. The Morgan fingerprint density at radius 3 is 3.00 bits per heavy atom. The molecule has 0 amide bonds. The normalized spacial score (nSPS) is 14.1. The number of rotatable bonds is 5. The van der Waals surface area contributed by atoms with Crippen LogP contribution in [-0.4, -0.2) is 29.7 Å². The summed E-state index contributed by atoms with van der Waals surface area (Å²) in [5.74, 6) is 1.43. The van der Waals surface area contributed by atoms with E-state index in [0.29, 0.717) is 11.8 Å². The molecule has 1 N–H and O–H groups in total. The Morgan fingerprint density at radius 1 is 1.35 bits per heavy atom. The number of thioether (sulfide) groups is 1. The van der Waals surface area contributed by atoms with Gasteiger partial charge in [-0.05, 0) is 25.0 Å². The van der Waals surface area contributed by atoms with Crippen molar-refractivity contribution < 1.29 is 0 Å². The van der Waals surface area contributed by atoms with Crippen molar-refractivity contribution in [3.63, 3.8) is 0 Å². The van der Waals surface area contributed by atoms with E-state index >= 15 is 0 Å². The highest BCUT2D eigenvalue weighted by molar-refractivity contribution is 7.98. The Kier molecular flexibility index (Phi) is 3.66. The predicted octanol–water partition coefficient (Wildman–Crippen LogP) is 2.05. The van der Waals surface area contributed by atoms with Crippen molar-refractivity contribution >= 4 is 11.8 Å². The first kappa shape index (κ1) is 14.1. The summed E-state index contributed by atoms with van der Waals surface area (Å²) in [5, 5.41) is 9.52. The Balaban J connectivity index is 1.62. The second kappa shape index (κ2) is 5.96. The topological polar surface area (TPSA) is 89.3 Å². The van der Waals surface area contributed by atoms with Gasteiger partial charge in [-0.25, -0.2) is 4.98 Å². The fourth-order valence-electron chi connectivity index (χ4n) is 2.36. The zero-order valence-electron chi connectivity index (χ0n) is 12.2. The summed E-state index contributed by atoms with van der Waals surface area (Å²) < 4.78 is 2.18. The second-order valence-corrected chi connectivity index (χ2v) is 6.28. The molecule has 7 nitrogen and oxygen atoms in total. The number of nitrogens with one attached hydrogen (secondary N) is 1. The molecule has 0 spiro atoms. The van der Waals surface area contributed by atoms with Gasteiger partial charge in [0.1, 0.15) is 0 Å². The summed E-state index contributed by atoms with van der Waals surface area (Å²) in [6.45, 7) is 0. The highest BCUT2D eigenvalue weighted by Gasteiger charge is 2.30. The molecule has 1 saturated carbocycles. The maximum absolute atomic E-state index is 11.3. The number of pyridine rings is 1. The van der Waals surface area contributed by atoms with Gasteiger partial charge < -0.3 is 4.98 Å². The van der Waals surface area contributed by atoms with Crippen molar-refractivity contribution in [1.82, 2.24) is 29.7 Å². The molecule has 3 heterocycles. The fraction of sp³-hybridized carbons (Fsp3) is 0.267. The smallest absolute Gasteiger partial charge is 0.250 e. The lowest BCUT2D eigenvalue weighted by Crippen LogP contribution is -2.06. The van der Waals surface area contributed by atoms with Crippen LogP contribution in [0.1, 0.15) is 24.6 Å². The van der Waals surface area contributed by atoms with Crippen molar-refractivity contribution in [3.05, 3.63) is 53.0 Å². The lowest BCUT2D eigenvalue weighted by Gasteiger charge is -2.08. The Bertz CT molecular complexity index is 871. The van der Waals surface area contributed by atoms with Crippen LogP contribution >= 0.6 is 11.8 Å². The summed E-state index contributed by atoms with van der Waals surface area (Å²) in [4.78, 5) is 22.2. The molecule has 3 aromatic heterocycles. The van der Waals surface area contributed by atoms with E-state index in [-0.39, 0.29) is 5.56 Å². The van der Waals surface area contributed by atoms with Gasteiger partial charge in [-0.15, -0.1) is 10.2 Å². The quantitative estimate of drug-likeness (QED) is 0.722. The maximum Gasteiger partial charge on any atom is 0.250 e. The fourth-order valence-corrected chi connectivity index (χ4v) is 3.26. The number of aromatic amines is 1. The highest BCUT2D eigenvalue weighted by atomic mass is 32.2. The molecule has 4 rings (SSSR count). The standard InChI is InChI=1S/C15H14N6OS/c22-13-6-11(17-9-18-13)8-23-15-20-19-14(21(15)12-3-4-12)10-2-1-5-16-7-10/h1-2,5-7,9,12H,3-4,8H2,(H,17,18,22). The molecule has 3 aromatic rings. The first-order chi connectivity index (χ1) is 11.3. The van der Waals surface area contributed by atoms with Gasteiger partial charge in [0.25, 0.3) is 5.56 Å². The lowest BCUT2D eigenvalue weighted by atomic mass is 10.3. The molecule has 0 bridgehead atoms. The molecule has 1 fully saturated rings. The van der Waals surface area contributed by atoms with E-state index in [4.69, 9.17) is 0 Å². The molecule has 0 radical (unpaired) electrons. The molecule has 0 unspecified atom stereocenters. The molecule has 23 heavy (non-hydrogen) atoms. The van der Waals surface area contributed by atoms with Crippen LogP contribution in [0.15, 0.2) is 46.9 Å². The molecule has 0 aliphatic heterocycles. The summed E-state index contributed by atoms with van der Waals surface area (Å²) in [5.41, 5.74) is 1.55. The third kappa shape index (κ3) is 3.02. The molecule has 0 atom stereocenters. The zero-order valence-corrected chi connectivity index (χ0v) is 13.0. The van der Waals surface area contributed by atoms with E-state index in [0.717, 1.165) is 35.1 Å². The predicted molar refractivity (Wildman–Crippen MR) is 85.9 cm³/mol. The Labute approximate surface area is 136 Å². The number of hydrogen-bond acceptors (Lipinski definition) is 6. The van der Waals surface area contributed by atoms with E-state index in [9.17, 15) is 4.79 Å². The summed E-state index contributed by atoms with van der Waals surface area (Å²) in [6, 6.07) is 5.85. The van der Waals surface area contributed by atoms with E-state index in [1.54, 1.807) is 24.2 Å². The minimum atomic E-state index is -0.143. The van der Waals surface area contributed by atoms with Crippen LogP contribution in [0.2, 0.25) is 0 Å². The zero-order chi connectivity index (χ0) is 15.6. The molecule has 0 aromatic carbocycles. The minimum Gasteiger partial charge on any atom is -0.313 e. The average molecular weight is 326 g/mol. The molecule has 8 heteroatoms. The number of H-pyrrole nitrogens is 1. The average Bonchev–Trinajstić information content (AvgIpc) is 3.33. The monoisotopic (exact) mass is 326 g/mol. The van der Waals surface area contributed by atoms with Crippen molar-refractivity contribution in [1.29, 1.82) is 0 Å². The van der Waals surface area contributed by atoms with Crippen molar-refractivity contribution in [2.45, 2.75) is 29.8 Å². The molecule has 1 aliphatic rings. The van der Waals surface area contributed by atoms with Crippen LogP contribution in [-0.2, 0) is 5.75 Å². The first-order valence-corrected chi connectivity index (χ1v) is 8.31. The van der Waals surface area contributed by atoms with E-state index < -0.39 is 0 Å². The van der Waals surface area contributed by atoms with Crippen LogP contribution in [0.3, 0.4) is 0 Å². The Morgan fingerprint density at radius 2 is 2.26 bits per heavy atom. The van der Waals surface area contributed by atoms with Crippen LogP contribution in [0.5, 0.6) is 0 Å². The first-order valence-electron chi connectivity index (χ1n) is 7.33. The summed E-state index contributed by atoms with van der Waals surface area (Å²) in [7, 11) is 0. The number of nitrogens with zero attached hydrogens (tertiary/aromatic N) is 5. The van der Waals surface area contributed by atoms with Gasteiger partial charge in [-0.3, -0.25) is 14.3 Å². The van der Waals surface area contributed by atoms with Crippen molar-refractivity contribution in [2.24, 2.45) is 0 Å². The van der Waals surface area contributed by atoms with Crippen LogP contribution in [0.4, 0.5) is 0 Å². The van der Waals surface area contributed by atoms with Crippen LogP contribution in [0.25, 0.3) is 11.4 Å². The maximum atomic E-state index is 11.3. The lowest BCUT2D eigenvalue weighted by molar-refractivity contribution is 0.669. The van der Waals surface area contributed by atoms with Gasteiger partial charge in [-0.2, -0.15) is 0 Å². The highest BCUT2D eigenvalue weighted by Crippen LogP contribution is 2.41. The van der Waals surface area contributed by atoms with Gasteiger partial charge in [0.2, 0.25) is 0 Å². The molecule has 1 aliphatic carbocycles. The molecular formula is C15H14N6OS. The van der Waals surface area contributed by atoms with Gasteiger partial charge in [-0.1, -0.05) is 11.8 Å². The minimum absolute atomic E-state index is 0.143. The van der Waals surface area contributed by atoms with Crippen LogP contribution in [0, 0.1) is 0 Å². The van der Waals surface area contributed by atoms with Gasteiger partial charge >= 0.3 is 0 Å². The molecule has 0 saturated heterocycles. The van der Waals surface area contributed by atoms with E-state index in [2.05, 4.69) is 29.7 Å². The SMILES string of the molecule is O=c1cc(CSc2nnc(-c3cccnc3)n2C2CC2)nc[nH]1. The van der Waals surface area contributed by atoms with Crippen molar-refractivity contribution in [3.8, 4) is 11.4 Å². The van der Waals surface area contributed by atoms with Crippen LogP contribution < -0.4 is 5.56 Å². The van der Waals surface area contributed by atoms with Gasteiger partial charge in [0.15, 0.2) is 11.0 Å². The Hall–Kier alpha value is -2.48. The largest absolute Gasteiger partial charge is 0.313 e. The number of hydrogen-bond donors (Lipinski definition) is 1. The van der Waals surface area contributed by atoms with E-state index in [1.807, 2.05) is 12.1 Å².